The topological polar surface area (TPSA) is 24.9 Å². The van der Waals surface area contributed by atoms with Gasteiger partial charge in [-0.15, -0.1) is 0 Å². The molecule has 5 rings (SSSR count). The SMILES string of the molecule is CC.CN1CCCC1.CN1CCOCC1.COc1ccccc1.Cc1ccc(C)cc1.Cc1ccccc1. The number of benzene rings is 3. The van der Waals surface area contributed by atoms with Crippen molar-refractivity contribution in [1.82, 2.24) is 9.80 Å². The molecule has 2 aliphatic heterocycles. The van der Waals surface area contributed by atoms with Gasteiger partial charge in [0.25, 0.3) is 0 Å². The van der Waals surface area contributed by atoms with E-state index >= 15 is 0 Å². The molecule has 3 aromatic carbocycles. The zero-order valence-electron chi connectivity index (χ0n) is 25.5. The smallest absolute Gasteiger partial charge is 0.118 e. The highest BCUT2D eigenvalue weighted by Gasteiger charge is 2.03. The van der Waals surface area contributed by atoms with Gasteiger partial charge in [-0.05, 0) is 72.9 Å². The number of likely N-dealkylation sites (N-methyl/N-ethyl adjacent to an activating group) is 1. The summed E-state index contributed by atoms with van der Waals surface area (Å²) in [6.07, 6.45) is 2.83. The first-order chi connectivity index (χ1) is 18.4. The maximum absolute atomic E-state index is 5.10. The van der Waals surface area contributed by atoms with E-state index in [1.54, 1.807) is 7.11 Å². The highest BCUT2D eigenvalue weighted by molar-refractivity contribution is 5.20. The van der Waals surface area contributed by atoms with E-state index in [2.05, 4.69) is 81.1 Å². The van der Waals surface area contributed by atoms with Gasteiger partial charge in [0.15, 0.2) is 0 Å². The van der Waals surface area contributed by atoms with E-state index < -0.39 is 0 Å². The normalized spacial score (nSPS) is 14.2. The molecule has 2 heterocycles. The summed E-state index contributed by atoms with van der Waals surface area (Å²) in [5.41, 5.74) is 3.98. The zero-order chi connectivity index (χ0) is 28.4. The van der Waals surface area contributed by atoms with Crippen molar-refractivity contribution < 1.29 is 9.47 Å². The number of methoxy groups -OCH3 is 1. The van der Waals surface area contributed by atoms with Gasteiger partial charge in [-0.25, -0.2) is 0 Å². The lowest BCUT2D eigenvalue weighted by molar-refractivity contribution is 0.0503. The molecule has 0 spiro atoms. The van der Waals surface area contributed by atoms with Crippen molar-refractivity contribution in [3.05, 3.63) is 102 Å². The fourth-order valence-electron chi connectivity index (χ4n) is 3.26. The number of nitrogens with zero attached hydrogens (tertiary/aromatic N) is 2. The van der Waals surface area contributed by atoms with Crippen LogP contribution < -0.4 is 4.74 Å². The first-order valence-electron chi connectivity index (χ1n) is 14.0. The summed E-state index contributed by atoms with van der Waals surface area (Å²) in [5, 5.41) is 0. The van der Waals surface area contributed by atoms with E-state index in [0.717, 1.165) is 32.1 Å². The molecule has 3 aromatic rings. The largest absolute Gasteiger partial charge is 0.497 e. The molecule has 2 fully saturated rings. The Bertz CT molecular complexity index is 837. The first-order valence-corrected chi connectivity index (χ1v) is 14.0. The number of aryl methyl sites for hydroxylation is 3. The van der Waals surface area contributed by atoms with Crippen LogP contribution in [0.2, 0.25) is 0 Å². The quantitative estimate of drug-likeness (QED) is 0.327. The minimum atomic E-state index is 0.910. The van der Waals surface area contributed by atoms with E-state index in [-0.39, 0.29) is 0 Å². The van der Waals surface area contributed by atoms with E-state index in [0.29, 0.717) is 0 Å². The van der Waals surface area contributed by atoms with Gasteiger partial charge in [0, 0.05) is 13.1 Å². The molecule has 4 nitrogen and oxygen atoms in total. The molecule has 0 N–H and O–H groups in total. The van der Waals surface area contributed by atoms with Crippen molar-refractivity contribution >= 4 is 0 Å². The predicted molar refractivity (Wildman–Crippen MR) is 166 cm³/mol. The standard InChI is InChI=1S/C8H10.C7H8O.C7H8.C5H11NO.C5H11N.C2H6/c1-7-3-5-8(2)6-4-7;1-8-7-5-3-2-4-6-7;1-7-5-3-2-4-6-7;1-6-2-4-7-5-3-6;1-6-4-2-3-5-6;1-2/h3-6H,1-2H3;2-6H,1H3;2-6H,1H3;2-5H2,1H3;2-5H2,1H3;1-2H3. The van der Waals surface area contributed by atoms with Crippen LogP contribution in [0, 0.1) is 20.8 Å². The van der Waals surface area contributed by atoms with Crippen LogP contribution in [0.25, 0.3) is 0 Å². The van der Waals surface area contributed by atoms with Gasteiger partial charge in [-0.1, -0.05) is 103 Å². The number of morpholine rings is 1. The highest BCUT2D eigenvalue weighted by atomic mass is 16.5. The minimum Gasteiger partial charge on any atom is -0.497 e. The molecule has 0 aromatic heterocycles. The summed E-state index contributed by atoms with van der Waals surface area (Å²) >= 11 is 0. The Labute approximate surface area is 234 Å². The van der Waals surface area contributed by atoms with Gasteiger partial charge in [-0.2, -0.15) is 0 Å². The fraction of sp³-hybridized carbons (Fsp3) is 0.471. The third-order valence-electron chi connectivity index (χ3n) is 5.70. The van der Waals surface area contributed by atoms with E-state index in [9.17, 15) is 0 Å². The Hall–Kier alpha value is -2.66. The third kappa shape index (κ3) is 21.4. The van der Waals surface area contributed by atoms with Crippen molar-refractivity contribution in [3.8, 4) is 5.75 Å². The van der Waals surface area contributed by atoms with Crippen molar-refractivity contribution in [2.24, 2.45) is 0 Å². The average Bonchev–Trinajstić information content (AvgIpc) is 3.45. The Morgan fingerprint density at radius 2 is 0.921 bits per heavy atom. The second-order valence-electron chi connectivity index (χ2n) is 9.25. The molecular formula is C34H54N2O2. The van der Waals surface area contributed by atoms with Crippen molar-refractivity contribution in [2.45, 2.75) is 47.5 Å². The number of rotatable bonds is 1. The van der Waals surface area contributed by atoms with Crippen LogP contribution in [0.4, 0.5) is 0 Å². The molecule has 0 unspecified atom stereocenters. The zero-order valence-corrected chi connectivity index (χ0v) is 25.5. The first kappa shape index (κ1) is 35.3. The van der Waals surface area contributed by atoms with Gasteiger partial charge >= 0.3 is 0 Å². The summed E-state index contributed by atoms with van der Waals surface area (Å²) in [6.45, 7) is 16.9. The monoisotopic (exact) mass is 522 g/mol. The average molecular weight is 523 g/mol. The van der Waals surface area contributed by atoms with Gasteiger partial charge in [0.1, 0.15) is 5.75 Å². The van der Waals surface area contributed by atoms with E-state index in [1.807, 2.05) is 62.4 Å². The van der Waals surface area contributed by atoms with Crippen LogP contribution in [-0.4, -0.2) is 70.4 Å². The third-order valence-corrected chi connectivity index (χ3v) is 5.70. The fourth-order valence-corrected chi connectivity index (χ4v) is 3.26. The molecule has 2 saturated heterocycles. The molecule has 212 valence electrons. The molecule has 38 heavy (non-hydrogen) atoms. The van der Waals surface area contributed by atoms with Crippen LogP contribution in [0.15, 0.2) is 84.9 Å². The Morgan fingerprint density at radius 1 is 0.553 bits per heavy atom. The maximum atomic E-state index is 5.10. The molecule has 4 heteroatoms. The lowest BCUT2D eigenvalue weighted by Gasteiger charge is -2.21. The summed E-state index contributed by atoms with van der Waals surface area (Å²) < 4.78 is 10.0. The Balaban J connectivity index is 0.000000444. The highest BCUT2D eigenvalue weighted by Crippen LogP contribution is 2.05. The van der Waals surface area contributed by atoms with E-state index in [1.165, 1.54) is 42.6 Å². The molecule has 0 bridgehead atoms. The molecular weight excluding hydrogens is 468 g/mol. The second-order valence-corrected chi connectivity index (χ2v) is 9.25. The van der Waals surface area contributed by atoms with Crippen molar-refractivity contribution in [3.63, 3.8) is 0 Å². The molecule has 0 saturated carbocycles. The molecule has 0 aliphatic carbocycles. The Kier molecular flexibility index (Phi) is 22.9. The number of para-hydroxylation sites is 1. The Morgan fingerprint density at radius 3 is 1.16 bits per heavy atom. The lowest BCUT2D eigenvalue weighted by Crippen LogP contribution is -2.32. The van der Waals surface area contributed by atoms with Gasteiger partial charge in [-0.3, -0.25) is 0 Å². The summed E-state index contributed by atoms with van der Waals surface area (Å²) in [6, 6.07) is 28.4. The summed E-state index contributed by atoms with van der Waals surface area (Å²) in [7, 11) is 5.95. The summed E-state index contributed by atoms with van der Waals surface area (Å²) in [5.74, 6) is 0.910. The number of ether oxygens (including phenoxy) is 2. The number of likely N-dealkylation sites (tertiary alicyclic amines) is 1. The van der Waals surface area contributed by atoms with Crippen LogP contribution >= 0.6 is 0 Å². The molecule has 0 atom stereocenters. The second kappa shape index (κ2) is 24.7. The van der Waals surface area contributed by atoms with Gasteiger partial charge in [0.2, 0.25) is 0 Å². The lowest BCUT2D eigenvalue weighted by atomic mass is 10.2. The molecule has 0 radical (unpaired) electrons. The van der Waals surface area contributed by atoms with Gasteiger partial charge in [0.05, 0.1) is 20.3 Å². The van der Waals surface area contributed by atoms with Crippen molar-refractivity contribution in [1.29, 1.82) is 0 Å². The number of hydrogen-bond donors (Lipinski definition) is 0. The van der Waals surface area contributed by atoms with Crippen LogP contribution in [0.5, 0.6) is 5.75 Å². The van der Waals surface area contributed by atoms with E-state index in [4.69, 9.17) is 9.47 Å². The van der Waals surface area contributed by atoms with Gasteiger partial charge < -0.3 is 19.3 Å². The minimum absolute atomic E-state index is 0.910. The predicted octanol–water partition coefficient (Wildman–Crippen LogP) is 7.68. The van der Waals surface area contributed by atoms with Crippen LogP contribution in [-0.2, 0) is 4.74 Å². The van der Waals surface area contributed by atoms with Crippen molar-refractivity contribution in [2.75, 3.05) is 60.6 Å². The summed E-state index contributed by atoms with van der Waals surface area (Å²) in [4.78, 5) is 4.63. The maximum Gasteiger partial charge on any atom is 0.118 e. The van der Waals surface area contributed by atoms with Crippen LogP contribution in [0.1, 0.15) is 43.4 Å². The van der Waals surface area contributed by atoms with Crippen LogP contribution in [0.3, 0.4) is 0 Å². The molecule has 2 aliphatic rings. The molecule has 0 amide bonds. The number of hydrogen-bond acceptors (Lipinski definition) is 4.